The molecule has 1 heterocycles. The highest BCUT2D eigenvalue weighted by Crippen LogP contribution is 2.33. The summed E-state index contributed by atoms with van der Waals surface area (Å²) < 4.78 is 12.0. The maximum Gasteiger partial charge on any atom is 0.332 e. The van der Waals surface area contributed by atoms with Gasteiger partial charge in [0.1, 0.15) is 12.4 Å². The van der Waals surface area contributed by atoms with E-state index in [0.29, 0.717) is 12.1 Å². The summed E-state index contributed by atoms with van der Waals surface area (Å²) in [6, 6.07) is 1.55. The van der Waals surface area contributed by atoms with Gasteiger partial charge in [-0.3, -0.25) is 9.36 Å². The normalized spacial score (nSPS) is 11.2. The number of amides is 1. The summed E-state index contributed by atoms with van der Waals surface area (Å²) in [5.74, 6) is -0.220. The first-order valence-electron chi connectivity index (χ1n) is 5.11. The molecule has 0 aliphatic heterocycles. The van der Waals surface area contributed by atoms with Crippen molar-refractivity contribution in [2.75, 3.05) is 12.7 Å². The van der Waals surface area contributed by atoms with Gasteiger partial charge in [0.25, 0.3) is 5.91 Å². The number of aromatic nitrogens is 2. The molecule has 0 atom stereocenters. The quantitative estimate of drug-likeness (QED) is 0.479. The van der Waals surface area contributed by atoms with Crippen LogP contribution in [0.4, 0.5) is 0 Å². The number of carbonyl (C=O) groups is 1. The highest BCUT2D eigenvalue weighted by molar-refractivity contribution is 7.51. The molecular weight excluding hydrogens is 245 g/mol. The summed E-state index contributed by atoms with van der Waals surface area (Å²) in [5, 5.41) is 6.52. The Morgan fingerprint density at radius 3 is 2.76 bits per heavy atom. The molecule has 0 fully saturated rings. The molecule has 0 aliphatic rings. The third-order valence-electron chi connectivity index (χ3n) is 1.99. The van der Waals surface area contributed by atoms with E-state index in [1.807, 2.05) is 6.92 Å². The van der Waals surface area contributed by atoms with Gasteiger partial charge < -0.3 is 15.1 Å². The second kappa shape index (κ2) is 5.86. The number of rotatable bonds is 5. The molecule has 0 aromatic carbocycles. The first-order chi connectivity index (χ1) is 7.92. The van der Waals surface area contributed by atoms with Crippen LogP contribution in [0.5, 0.6) is 0 Å². The Labute approximate surface area is 98.6 Å². The van der Waals surface area contributed by atoms with Crippen molar-refractivity contribution < 1.29 is 23.8 Å². The van der Waals surface area contributed by atoms with Gasteiger partial charge in [-0.05, 0) is 12.0 Å². The lowest BCUT2D eigenvalue weighted by molar-refractivity contribution is -0.750. The van der Waals surface area contributed by atoms with Gasteiger partial charge in [0.2, 0.25) is 0 Å². The van der Waals surface area contributed by atoms with Gasteiger partial charge in [-0.1, -0.05) is 4.68 Å². The Morgan fingerprint density at radius 2 is 2.29 bits per heavy atom. The first kappa shape index (κ1) is 13.8. The van der Waals surface area contributed by atoms with E-state index in [1.54, 1.807) is 6.07 Å². The van der Waals surface area contributed by atoms with Crippen LogP contribution >= 0.6 is 7.60 Å². The molecule has 7 nitrogen and oxygen atoms in total. The lowest BCUT2D eigenvalue weighted by Gasteiger charge is -2.01. The van der Waals surface area contributed by atoms with Gasteiger partial charge >= 0.3 is 7.60 Å². The van der Waals surface area contributed by atoms with Crippen molar-refractivity contribution in [3.05, 3.63) is 24.0 Å². The summed E-state index contributed by atoms with van der Waals surface area (Å²) in [6.45, 7) is 2.46. The van der Waals surface area contributed by atoms with Crippen LogP contribution in [-0.2, 0) is 11.1 Å². The lowest BCUT2D eigenvalue weighted by Crippen LogP contribution is -2.39. The summed E-state index contributed by atoms with van der Waals surface area (Å²) in [4.78, 5) is 28.8. The van der Waals surface area contributed by atoms with E-state index in [2.05, 4.69) is 10.4 Å². The van der Waals surface area contributed by atoms with Gasteiger partial charge in [0.05, 0.1) is 5.56 Å². The summed E-state index contributed by atoms with van der Waals surface area (Å²) >= 11 is 0. The minimum atomic E-state index is -4.01. The minimum absolute atomic E-state index is 0.111. The van der Waals surface area contributed by atoms with Crippen LogP contribution in [0.2, 0.25) is 0 Å². The Hall–Kier alpha value is -1.30. The molecule has 0 unspecified atom stereocenters. The molecule has 0 radical (unpaired) electrons. The predicted octanol–water partition coefficient (Wildman–Crippen LogP) is -0.704. The Bertz CT molecular complexity index is 428. The van der Waals surface area contributed by atoms with Crippen molar-refractivity contribution >= 4 is 13.5 Å². The van der Waals surface area contributed by atoms with Gasteiger partial charge in [-0.15, -0.1) is 0 Å². The third kappa shape index (κ3) is 5.04. The molecule has 0 bridgehead atoms. The highest BCUT2D eigenvalue weighted by atomic mass is 31.2. The maximum absolute atomic E-state index is 11.4. The van der Waals surface area contributed by atoms with Gasteiger partial charge in [-0.25, -0.2) is 0 Å². The molecule has 1 aromatic heterocycles. The Balaban J connectivity index is 2.62. The molecule has 0 spiro atoms. The molecule has 3 N–H and O–H groups in total. The molecule has 0 aliphatic carbocycles. The smallest absolute Gasteiger partial charge is 0.332 e. The van der Waals surface area contributed by atoms with Crippen LogP contribution in [0.1, 0.15) is 17.3 Å². The minimum Gasteiger partial charge on any atom is -0.352 e. The SMILES string of the molecule is CCNC(=O)c1cc[n+](CCP(=O)(O)O)nc1. The van der Waals surface area contributed by atoms with E-state index in [-0.39, 0.29) is 18.6 Å². The van der Waals surface area contributed by atoms with Crippen molar-refractivity contribution in [3.8, 4) is 0 Å². The van der Waals surface area contributed by atoms with E-state index in [1.165, 1.54) is 17.1 Å². The topological polar surface area (TPSA) is 103 Å². The monoisotopic (exact) mass is 260 g/mol. The Kier molecular flexibility index (Phi) is 4.74. The van der Waals surface area contributed by atoms with Gasteiger partial charge in [0, 0.05) is 12.6 Å². The fourth-order valence-electron chi connectivity index (χ4n) is 1.15. The van der Waals surface area contributed by atoms with Gasteiger partial charge in [-0.2, -0.15) is 0 Å². The van der Waals surface area contributed by atoms with Crippen LogP contribution < -0.4 is 10.00 Å². The second-order valence-electron chi connectivity index (χ2n) is 3.43. The van der Waals surface area contributed by atoms with E-state index < -0.39 is 7.60 Å². The largest absolute Gasteiger partial charge is 0.352 e. The number of nitrogens with zero attached hydrogens (tertiary/aromatic N) is 2. The molecule has 1 aromatic rings. The van der Waals surface area contributed by atoms with Gasteiger partial charge in [0.15, 0.2) is 12.7 Å². The van der Waals surface area contributed by atoms with Crippen molar-refractivity contribution in [2.45, 2.75) is 13.5 Å². The van der Waals surface area contributed by atoms with E-state index in [0.717, 1.165) is 0 Å². The lowest BCUT2D eigenvalue weighted by atomic mass is 10.3. The molecule has 0 saturated carbocycles. The van der Waals surface area contributed by atoms with Crippen LogP contribution in [0, 0.1) is 0 Å². The molecular formula is C9H15N3O4P+. The van der Waals surface area contributed by atoms with E-state index in [9.17, 15) is 9.36 Å². The van der Waals surface area contributed by atoms with Crippen LogP contribution in [0.25, 0.3) is 0 Å². The van der Waals surface area contributed by atoms with Crippen LogP contribution in [-0.4, -0.2) is 33.5 Å². The Morgan fingerprint density at radius 1 is 1.59 bits per heavy atom. The zero-order valence-electron chi connectivity index (χ0n) is 9.41. The molecule has 1 amide bonds. The molecule has 17 heavy (non-hydrogen) atoms. The highest BCUT2D eigenvalue weighted by Gasteiger charge is 2.17. The predicted molar refractivity (Wildman–Crippen MR) is 59.4 cm³/mol. The second-order valence-corrected chi connectivity index (χ2v) is 5.20. The molecule has 0 saturated heterocycles. The summed E-state index contributed by atoms with van der Waals surface area (Å²) in [5.41, 5.74) is 0.416. The van der Waals surface area contributed by atoms with Crippen LogP contribution in [0.15, 0.2) is 18.5 Å². The number of hydrogen-bond acceptors (Lipinski definition) is 3. The third-order valence-corrected chi connectivity index (χ3v) is 2.77. The first-order valence-corrected chi connectivity index (χ1v) is 6.90. The average molecular weight is 260 g/mol. The average Bonchev–Trinajstić information content (AvgIpc) is 2.26. The summed E-state index contributed by atoms with van der Waals surface area (Å²) in [6.07, 6.45) is 2.61. The standard InChI is InChI=1S/C9H14N3O4P/c1-2-10-9(13)8-3-4-12(11-7-8)5-6-17(14,15)16/h3-4,7H,2,5-6H2,1H3,(H2-,10,13,14,15,16)/p+1. The summed E-state index contributed by atoms with van der Waals surface area (Å²) in [7, 11) is -4.01. The molecule has 8 heteroatoms. The fraction of sp³-hybridized carbons (Fsp3) is 0.444. The zero-order chi connectivity index (χ0) is 12.9. The van der Waals surface area contributed by atoms with E-state index in [4.69, 9.17) is 9.79 Å². The molecule has 94 valence electrons. The van der Waals surface area contributed by atoms with Crippen molar-refractivity contribution in [1.82, 2.24) is 10.4 Å². The van der Waals surface area contributed by atoms with Crippen molar-refractivity contribution in [3.63, 3.8) is 0 Å². The number of aryl methyl sites for hydroxylation is 1. The van der Waals surface area contributed by atoms with E-state index >= 15 is 0 Å². The number of nitrogens with one attached hydrogen (secondary N) is 1. The van der Waals surface area contributed by atoms with Crippen LogP contribution in [0.3, 0.4) is 0 Å². The number of hydrogen-bond donors (Lipinski definition) is 3. The number of carbonyl (C=O) groups excluding carboxylic acids is 1. The maximum atomic E-state index is 11.4. The van der Waals surface area contributed by atoms with Crippen molar-refractivity contribution in [1.29, 1.82) is 0 Å². The van der Waals surface area contributed by atoms with Crippen molar-refractivity contribution in [2.24, 2.45) is 0 Å². The zero-order valence-corrected chi connectivity index (χ0v) is 10.3. The molecule has 1 rings (SSSR count). The fourth-order valence-corrected chi connectivity index (χ4v) is 1.61.